The van der Waals surface area contributed by atoms with Crippen molar-refractivity contribution >= 4 is 82.6 Å². The molecule has 3 unspecified atom stereocenters. The third-order valence-corrected chi connectivity index (χ3v) is 16.3. The van der Waals surface area contributed by atoms with Crippen LogP contribution in [0.3, 0.4) is 0 Å². The summed E-state index contributed by atoms with van der Waals surface area (Å²) in [7, 11) is 1.02. The zero-order valence-electron chi connectivity index (χ0n) is 55.8. The number of hydrogen-bond acceptors (Lipinski definition) is 23. The number of nitrogens with zero attached hydrogens (tertiary/aromatic N) is 1. The van der Waals surface area contributed by atoms with Gasteiger partial charge in [-0.3, -0.25) is 57.5 Å². The Kier molecular flexibility index (Phi) is 30.9. The number of urea groups is 1. The molecule has 4 heterocycles. The van der Waals surface area contributed by atoms with Crippen LogP contribution >= 0.6 is 0 Å². The summed E-state index contributed by atoms with van der Waals surface area (Å²) in [5, 5.41) is 102. The van der Waals surface area contributed by atoms with E-state index in [1.807, 2.05) is 6.08 Å². The van der Waals surface area contributed by atoms with Gasteiger partial charge in [0.05, 0.1) is 37.8 Å². The minimum atomic E-state index is -2.40. The van der Waals surface area contributed by atoms with E-state index in [1.54, 1.807) is 6.08 Å². The molecule has 0 radical (unpaired) electrons. The van der Waals surface area contributed by atoms with Gasteiger partial charge in [0, 0.05) is 31.9 Å². The molecule has 4 aliphatic rings. The summed E-state index contributed by atoms with van der Waals surface area (Å²) in [6, 6.07) is -11.9. The summed E-state index contributed by atoms with van der Waals surface area (Å²) in [5.41, 5.74) is 6.10. The van der Waals surface area contributed by atoms with E-state index >= 15 is 9.59 Å². The Morgan fingerprint density at radius 3 is 2.17 bits per heavy atom. The second kappa shape index (κ2) is 38.1. The van der Waals surface area contributed by atoms with Gasteiger partial charge in [0.1, 0.15) is 83.5 Å². The number of primary amides is 2. The van der Waals surface area contributed by atoms with Gasteiger partial charge >= 0.3 is 6.03 Å². The summed E-state index contributed by atoms with van der Waals surface area (Å²) in [4.78, 5) is 187. The zero-order valence-corrected chi connectivity index (χ0v) is 55.8. The standard InChI is InChI=1S/C63H90N14O23/c1-7-10-11-12-13-14-15-16-17-18-41(100-61-50(87)48(85)40(81)28-99-61)49(86)60(96)70-34(9-3)52(88)73-45-29(4)67-56(92)37-26-63(98-6)51(76-62(97)77-63)32-23-31(19-21-38(32)79)24-36(71-59(95)46(30(5)78)74-58(45)94)55(91)69-33(8-2)53(89)75-47(39(80)25-43(65)83)57(93)66-27-44(84)68-35(54(90)72-37)20-22-42(64)82/h8-9,15-19,21,23,29-30,35-37,39-41,45-50,61,78-81,85-87H,7,10-14,20,22,24-28H2,1-6H3,(H2,64,82)(H2,65,83)(H,66,93)(H,67,92)(H,68,84)(H,69,91)(H,70,96)(H,71,95)(H,72,90)(H,73,88)(H,74,94)(H,75,89)(H,77,97)/b16-15+,18-17+,33-8+,34-9+/t29-,30+,35+,36?,37-,39-,40+,41+,45-,46+,47?,48-,49-,50-,61?,63+/m0/s1. The Hall–Kier alpha value is -9.60. The lowest BCUT2D eigenvalue weighted by atomic mass is 9.90. The van der Waals surface area contributed by atoms with Crippen LogP contribution in [0.15, 0.2) is 71.0 Å². The van der Waals surface area contributed by atoms with E-state index in [0.29, 0.717) is 6.42 Å². The molecule has 0 aromatic heterocycles. The molecule has 550 valence electrons. The molecule has 4 aliphatic heterocycles. The third-order valence-electron chi connectivity index (χ3n) is 16.3. The summed E-state index contributed by atoms with van der Waals surface area (Å²) >= 11 is 0. The van der Waals surface area contributed by atoms with Crippen molar-refractivity contribution < 1.29 is 112 Å². The highest BCUT2D eigenvalue weighted by Crippen LogP contribution is 2.32. The van der Waals surface area contributed by atoms with Crippen molar-refractivity contribution in [1.82, 2.24) is 58.5 Å². The monoisotopic (exact) mass is 1410 g/mol. The number of nitrogens with one attached hydrogen (secondary N) is 11. The minimum absolute atomic E-state index is 0.00469. The summed E-state index contributed by atoms with van der Waals surface area (Å²) in [6.45, 7) is 5.03. The molecule has 22 N–H and O–H groups in total. The number of methoxy groups -OCH3 is 1. The summed E-state index contributed by atoms with van der Waals surface area (Å²) in [5.74, 6) is -16.2. The lowest BCUT2D eigenvalue weighted by molar-refractivity contribution is -0.283. The van der Waals surface area contributed by atoms with Crippen LogP contribution < -0.4 is 70.0 Å². The predicted molar refractivity (Wildman–Crippen MR) is 347 cm³/mol. The maximum atomic E-state index is 15.2. The number of amides is 14. The molecule has 14 amide bonds. The fourth-order valence-corrected chi connectivity index (χ4v) is 10.7. The van der Waals surface area contributed by atoms with Gasteiger partial charge in [-0.1, -0.05) is 75.1 Å². The van der Waals surface area contributed by atoms with E-state index in [4.69, 9.17) is 25.7 Å². The molecular weight excluding hydrogens is 1320 g/mol. The van der Waals surface area contributed by atoms with E-state index in [9.17, 15) is 88.5 Å². The number of nitrogens with two attached hydrogens (primary N) is 2. The first-order valence-electron chi connectivity index (χ1n) is 32.2. The zero-order chi connectivity index (χ0) is 74.3. The van der Waals surface area contributed by atoms with E-state index in [2.05, 4.69) is 70.4 Å². The molecule has 1 fully saturated rings. The van der Waals surface area contributed by atoms with Crippen molar-refractivity contribution in [3.8, 4) is 5.75 Å². The molecule has 5 rings (SSSR count). The van der Waals surface area contributed by atoms with Crippen LogP contribution in [0.5, 0.6) is 5.75 Å². The van der Waals surface area contributed by atoms with Crippen LogP contribution in [0.1, 0.15) is 110 Å². The van der Waals surface area contributed by atoms with Crippen LogP contribution in [-0.2, 0) is 78.2 Å². The quantitative estimate of drug-likeness (QED) is 0.0275. The Balaban J connectivity index is 1.68. The smallest absolute Gasteiger partial charge is 0.343 e. The maximum Gasteiger partial charge on any atom is 0.343 e. The molecule has 37 heteroatoms. The molecule has 1 aromatic carbocycles. The lowest BCUT2D eigenvalue weighted by Gasteiger charge is -2.36. The van der Waals surface area contributed by atoms with Crippen molar-refractivity contribution in [2.24, 2.45) is 16.5 Å². The van der Waals surface area contributed by atoms with Gasteiger partial charge in [-0.25, -0.2) is 4.79 Å². The highest BCUT2D eigenvalue weighted by Gasteiger charge is 2.49. The van der Waals surface area contributed by atoms with Crippen molar-refractivity contribution in [3.63, 3.8) is 0 Å². The fraction of sp³-hybridized carbons (Fsp3) is 0.556. The molecular formula is C63H90N14O23. The number of allylic oxidation sites excluding steroid dienone is 5. The second-order valence-electron chi connectivity index (χ2n) is 24.0. The van der Waals surface area contributed by atoms with Gasteiger partial charge in [-0.05, 0) is 64.7 Å². The second-order valence-corrected chi connectivity index (χ2v) is 24.0. The largest absolute Gasteiger partial charge is 0.507 e. The molecule has 4 bridgehead atoms. The van der Waals surface area contributed by atoms with Crippen LogP contribution in [0.25, 0.3) is 0 Å². The molecule has 16 atom stereocenters. The van der Waals surface area contributed by atoms with E-state index in [-0.39, 0.29) is 11.1 Å². The van der Waals surface area contributed by atoms with Crippen molar-refractivity contribution in [2.45, 2.75) is 202 Å². The number of hydrogen-bond donors (Lipinski definition) is 20. The van der Waals surface area contributed by atoms with Crippen molar-refractivity contribution in [1.29, 1.82) is 0 Å². The number of benzene rings is 1. The average Bonchev–Trinajstić information content (AvgIpc) is 1.58. The van der Waals surface area contributed by atoms with E-state index < -0.39 is 242 Å². The lowest BCUT2D eigenvalue weighted by Crippen LogP contribution is -2.65. The number of aliphatic hydroxyl groups is 6. The first-order valence-corrected chi connectivity index (χ1v) is 32.2. The Morgan fingerprint density at radius 2 is 1.52 bits per heavy atom. The first-order chi connectivity index (χ1) is 47.3. The molecule has 1 aromatic rings. The van der Waals surface area contributed by atoms with Gasteiger partial charge in [0.25, 0.3) is 17.7 Å². The van der Waals surface area contributed by atoms with Gasteiger partial charge in [0.2, 0.25) is 53.2 Å². The van der Waals surface area contributed by atoms with Gasteiger partial charge in [0.15, 0.2) is 18.1 Å². The number of phenolic OH excluding ortho intramolecular Hbond substituents is 1. The minimum Gasteiger partial charge on any atom is -0.507 e. The third kappa shape index (κ3) is 22.7. The van der Waals surface area contributed by atoms with Gasteiger partial charge in [-0.15, -0.1) is 0 Å². The number of unbranched alkanes of at least 4 members (excludes halogenated alkanes) is 5. The average molecular weight is 1410 g/mol. The molecule has 100 heavy (non-hydrogen) atoms. The number of aliphatic hydroxyl groups excluding tert-OH is 6. The number of carbonyl (C=O) groups excluding carboxylic acids is 13. The number of rotatable bonds is 23. The molecule has 0 aliphatic carbocycles. The highest BCUT2D eigenvalue weighted by atomic mass is 16.7. The number of fused-ring (bicyclic) bond motifs is 2. The van der Waals surface area contributed by atoms with Crippen molar-refractivity contribution in [2.75, 3.05) is 20.3 Å². The van der Waals surface area contributed by atoms with Gasteiger partial charge < -0.3 is 120 Å². The number of aromatic hydroxyl groups is 1. The van der Waals surface area contributed by atoms with Crippen LogP contribution in [-0.4, -0.2) is 236 Å². The Morgan fingerprint density at radius 1 is 0.820 bits per heavy atom. The molecule has 0 saturated carbocycles. The molecule has 0 spiro atoms. The van der Waals surface area contributed by atoms with Crippen LogP contribution in [0.2, 0.25) is 0 Å². The van der Waals surface area contributed by atoms with Crippen molar-refractivity contribution in [3.05, 3.63) is 77.2 Å². The maximum absolute atomic E-state index is 15.2. The summed E-state index contributed by atoms with van der Waals surface area (Å²) < 4.78 is 17.0. The predicted octanol–water partition coefficient (Wildman–Crippen LogP) is -6.68. The topological polar surface area (TPSA) is 588 Å². The van der Waals surface area contributed by atoms with E-state index in [0.717, 1.165) is 71.3 Å². The van der Waals surface area contributed by atoms with Crippen LogP contribution in [0, 0.1) is 0 Å². The molecule has 1 saturated heterocycles. The summed E-state index contributed by atoms with van der Waals surface area (Å²) in [6.07, 6.45) is -5.24. The number of phenols is 1. The van der Waals surface area contributed by atoms with Gasteiger partial charge in [-0.2, -0.15) is 4.99 Å². The van der Waals surface area contributed by atoms with E-state index in [1.165, 1.54) is 38.1 Å². The fourth-order valence-electron chi connectivity index (χ4n) is 10.7. The Bertz CT molecular complexity index is 3360. The number of aliphatic imine (C=N–C) groups is 1. The SMILES string of the molecule is C/C=C1/NC(=O)C2Cc3ccc(O)c(c3)C3=NC(=O)N[C@@]3(OC)C[C@H](NC(=O)[C@@H](CCC(N)=O)NC(=O)CNC(=O)C([C@@H](O)CC(N)=O)NC1=O)C(=O)N[C@@H](C)[C@H](NC(=O)/C(=C\C)NC(=O)[C@@H](O)[C@@H](/C=C/C=C/CCCCCCC)OC1OC[C@@H](O)[C@H](O)[C@@H]1O)C(=O)N[C@H]([C@@H](C)O)C(=O)N2. The normalized spacial score (nSPS) is 28.1. The molecule has 37 nitrogen and oxygen atoms in total. The van der Waals surface area contributed by atoms with Crippen LogP contribution in [0.4, 0.5) is 4.79 Å². The first kappa shape index (κ1) is 81.1. The number of ether oxygens (including phenoxy) is 3. The highest BCUT2D eigenvalue weighted by molar-refractivity contribution is 6.17. The number of carbonyl (C=O) groups is 13. The Labute approximate surface area is 573 Å².